The molecule has 0 aromatic heterocycles. The summed E-state index contributed by atoms with van der Waals surface area (Å²) in [7, 11) is -3.52. The van der Waals surface area contributed by atoms with Crippen LogP contribution in [-0.2, 0) is 14.8 Å². The molecule has 1 aliphatic rings. The van der Waals surface area contributed by atoms with E-state index in [4.69, 9.17) is 0 Å². The maximum atomic E-state index is 12.0. The van der Waals surface area contributed by atoms with Gasteiger partial charge in [-0.15, -0.1) is 0 Å². The molecule has 0 saturated carbocycles. The zero-order valence-electron chi connectivity index (χ0n) is 15.1. The number of amidine groups is 1. The number of sulfonamides is 1. The Morgan fingerprint density at radius 3 is 2.64 bits per heavy atom. The highest BCUT2D eigenvalue weighted by Gasteiger charge is 2.29. The number of hydrogen-bond donors (Lipinski definition) is 2. The van der Waals surface area contributed by atoms with E-state index in [9.17, 15) is 13.2 Å². The number of fused-ring (bicyclic) bond motifs is 1. The van der Waals surface area contributed by atoms with E-state index >= 15 is 0 Å². The van der Waals surface area contributed by atoms with E-state index in [0.717, 1.165) is 19.3 Å². The number of benzene rings is 1. The number of carbonyl (C=O) groups is 1. The van der Waals surface area contributed by atoms with Crippen LogP contribution >= 0.6 is 0 Å². The molecule has 2 N–H and O–H groups in total. The van der Waals surface area contributed by atoms with Gasteiger partial charge in [-0.1, -0.05) is 38.8 Å². The van der Waals surface area contributed by atoms with Gasteiger partial charge in [0.2, 0.25) is 5.91 Å². The number of aliphatic imine (C=N–C) groups is 1. The maximum absolute atomic E-state index is 12.0. The van der Waals surface area contributed by atoms with E-state index in [-0.39, 0.29) is 29.8 Å². The third-order valence-corrected chi connectivity index (χ3v) is 5.49. The number of nitrogens with zero attached hydrogens (tertiary/aromatic N) is 1. The molecular weight excluding hydrogens is 338 g/mol. The van der Waals surface area contributed by atoms with Crippen LogP contribution in [-0.4, -0.2) is 32.7 Å². The molecule has 1 heterocycles. The lowest BCUT2D eigenvalue weighted by Gasteiger charge is -2.14. The molecule has 2 rings (SSSR count). The van der Waals surface area contributed by atoms with Gasteiger partial charge in [-0.05, 0) is 31.4 Å². The highest BCUT2D eigenvalue weighted by Crippen LogP contribution is 2.22. The Morgan fingerprint density at radius 1 is 1.20 bits per heavy atom. The molecule has 138 valence electrons. The summed E-state index contributed by atoms with van der Waals surface area (Å²) in [6.07, 6.45) is 3.46. The van der Waals surface area contributed by atoms with Crippen molar-refractivity contribution in [3.05, 3.63) is 29.8 Å². The van der Waals surface area contributed by atoms with Crippen LogP contribution in [0.25, 0.3) is 0 Å². The molecule has 6 nitrogen and oxygen atoms in total. The molecule has 0 fully saturated rings. The number of nitrogens with one attached hydrogen (secondary N) is 2. The van der Waals surface area contributed by atoms with Crippen molar-refractivity contribution >= 4 is 21.8 Å². The molecule has 1 aliphatic heterocycles. The second-order valence-corrected chi connectivity index (χ2v) is 8.53. The summed E-state index contributed by atoms with van der Waals surface area (Å²) in [6, 6.07) is 6.84. The average Bonchev–Trinajstić information content (AvgIpc) is 2.78. The normalized spacial score (nSPS) is 18.0. The predicted octanol–water partition coefficient (Wildman–Crippen LogP) is 2.45. The first-order chi connectivity index (χ1) is 11.8. The van der Waals surface area contributed by atoms with Gasteiger partial charge in [-0.25, -0.2) is 8.42 Å². The molecule has 0 saturated heterocycles. The van der Waals surface area contributed by atoms with Gasteiger partial charge in [-0.2, -0.15) is 0 Å². The minimum absolute atomic E-state index is 0.0597. The lowest BCUT2D eigenvalue weighted by atomic mass is 10.0. The van der Waals surface area contributed by atoms with Crippen molar-refractivity contribution in [1.29, 1.82) is 0 Å². The third-order valence-electron chi connectivity index (χ3n) is 4.10. The molecule has 0 radical (unpaired) electrons. The van der Waals surface area contributed by atoms with Crippen molar-refractivity contribution in [2.75, 3.05) is 6.54 Å². The van der Waals surface area contributed by atoms with Crippen molar-refractivity contribution in [2.24, 2.45) is 10.9 Å². The summed E-state index contributed by atoms with van der Waals surface area (Å²) in [5.41, 5.74) is 0.560. The van der Waals surface area contributed by atoms with E-state index in [1.54, 1.807) is 24.3 Å². The Hall–Kier alpha value is -1.89. The van der Waals surface area contributed by atoms with Gasteiger partial charge in [0.05, 0.1) is 11.4 Å². The van der Waals surface area contributed by atoms with Crippen LogP contribution in [0.3, 0.4) is 0 Å². The lowest BCUT2D eigenvalue weighted by Crippen LogP contribution is -2.33. The fraction of sp³-hybridized carbons (Fsp3) is 0.556. The summed E-state index contributed by atoms with van der Waals surface area (Å²) in [5, 5.41) is 2.97. The highest BCUT2D eigenvalue weighted by molar-refractivity contribution is 7.90. The molecule has 1 aromatic rings. The van der Waals surface area contributed by atoms with E-state index in [1.807, 2.05) is 6.92 Å². The zero-order valence-corrected chi connectivity index (χ0v) is 15.9. The Balaban J connectivity index is 1.82. The summed E-state index contributed by atoms with van der Waals surface area (Å²) in [6.45, 7) is 6.64. The molecule has 1 atom stereocenters. The van der Waals surface area contributed by atoms with Crippen LogP contribution in [0.1, 0.15) is 52.0 Å². The number of carbonyl (C=O) groups excluding carboxylic acids is 1. The quantitative estimate of drug-likeness (QED) is 0.742. The van der Waals surface area contributed by atoms with Crippen LogP contribution in [0.15, 0.2) is 34.2 Å². The standard InChI is InChI=1S/C18H27N3O3S/c1-13(2)7-6-8-14(3)20-17(22)11-12-19-18-15-9-4-5-10-16(15)25(23,24)21-18/h4-5,9-10,13-14H,6-8,11-12H2,1-3H3,(H,19,21)(H,20,22). The monoisotopic (exact) mass is 365 g/mol. The number of rotatable bonds is 8. The van der Waals surface area contributed by atoms with Crippen molar-refractivity contribution < 1.29 is 13.2 Å². The SMILES string of the molecule is CC(C)CCCC(C)NC(=O)CCN=C1NS(=O)(=O)c2ccccc21. The first-order valence-electron chi connectivity index (χ1n) is 8.75. The smallest absolute Gasteiger partial charge is 0.263 e. The molecule has 0 aliphatic carbocycles. The number of hydrogen-bond acceptors (Lipinski definition) is 4. The molecule has 1 amide bonds. The fourth-order valence-corrected chi connectivity index (χ4v) is 4.02. The molecular formula is C18H27N3O3S. The fourth-order valence-electron chi connectivity index (χ4n) is 2.77. The molecule has 25 heavy (non-hydrogen) atoms. The van der Waals surface area contributed by atoms with Crippen LogP contribution in [0.5, 0.6) is 0 Å². The largest absolute Gasteiger partial charge is 0.354 e. The lowest BCUT2D eigenvalue weighted by molar-refractivity contribution is -0.121. The van der Waals surface area contributed by atoms with Gasteiger partial charge in [-0.3, -0.25) is 14.5 Å². The van der Waals surface area contributed by atoms with Crippen LogP contribution in [0.4, 0.5) is 0 Å². The van der Waals surface area contributed by atoms with E-state index < -0.39 is 10.0 Å². The molecule has 1 aromatic carbocycles. The van der Waals surface area contributed by atoms with Crippen molar-refractivity contribution in [1.82, 2.24) is 10.0 Å². The van der Waals surface area contributed by atoms with Crippen molar-refractivity contribution in [3.8, 4) is 0 Å². The van der Waals surface area contributed by atoms with E-state index in [1.165, 1.54) is 0 Å². The minimum atomic E-state index is -3.52. The zero-order chi connectivity index (χ0) is 18.4. The van der Waals surface area contributed by atoms with Gasteiger partial charge in [0, 0.05) is 18.0 Å². The van der Waals surface area contributed by atoms with Gasteiger partial charge in [0.25, 0.3) is 10.0 Å². The maximum Gasteiger partial charge on any atom is 0.263 e. The molecule has 7 heteroatoms. The third kappa shape index (κ3) is 5.56. The summed E-state index contributed by atoms with van der Waals surface area (Å²) in [4.78, 5) is 16.5. The second kappa shape index (κ2) is 8.47. The van der Waals surface area contributed by atoms with Crippen LogP contribution in [0, 0.1) is 5.92 Å². The summed E-state index contributed by atoms with van der Waals surface area (Å²) in [5.74, 6) is 0.931. The van der Waals surface area contributed by atoms with Gasteiger partial charge >= 0.3 is 0 Å². The Kier molecular flexibility index (Phi) is 6.58. The summed E-state index contributed by atoms with van der Waals surface area (Å²) >= 11 is 0. The topological polar surface area (TPSA) is 87.6 Å². The van der Waals surface area contributed by atoms with Gasteiger partial charge < -0.3 is 5.32 Å². The summed E-state index contributed by atoms with van der Waals surface area (Å²) < 4.78 is 26.4. The van der Waals surface area contributed by atoms with E-state index in [0.29, 0.717) is 17.3 Å². The Bertz CT molecular complexity index is 742. The molecule has 0 bridgehead atoms. The van der Waals surface area contributed by atoms with Gasteiger partial charge in [0.15, 0.2) is 0 Å². The van der Waals surface area contributed by atoms with Crippen LogP contribution in [0.2, 0.25) is 0 Å². The van der Waals surface area contributed by atoms with Crippen molar-refractivity contribution in [2.45, 2.75) is 57.4 Å². The van der Waals surface area contributed by atoms with Crippen LogP contribution < -0.4 is 10.0 Å². The predicted molar refractivity (Wildman–Crippen MR) is 99.1 cm³/mol. The number of amides is 1. The van der Waals surface area contributed by atoms with Gasteiger partial charge in [0.1, 0.15) is 5.84 Å². The average molecular weight is 365 g/mol. The highest BCUT2D eigenvalue weighted by atomic mass is 32.2. The Labute approximate surface area is 150 Å². The van der Waals surface area contributed by atoms with E-state index in [2.05, 4.69) is 28.9 Å². The first kappa shape index (κ1) is 19.4. The molecule has 1 unspecified atom stereocenters. The Morgan fingerprint density at radius 2 is 1.92 bits per heavy atom. The minimum Gasteiger partial charge on any atom is -0.354 e. The molecule has 0 spiro atoms. The first-order valence-corrected chi connectivity index (χ1v) is 10.2. The second-order valence-electron chi connectivity index (χ2n) is 6.88. The van der Waals surface area contributed by atoms with Crippen molar-refractivity contribution in [3.63, 3.8) is 0 Å².